The third kappa shape index (κ3) is 13.5. The molecule has 0 unspecified atom stereocenters. The zero-order valence-corrected chi connectivity index (χ0v) is 13.3. The van der Waals surface area contributed by atoms with Crippen LogP contribution in [0.1, 0.15) is 53.4 Å². The molecular formula is C14H26O4S. The summed E-state index contributed by atoms with van der Waals surface area (Å²) in [5.74, 6) is 1.03. The molecule has 112 valence electrons. The molecule has 19 heavy (non-hydrogen) atoms. The average molecular weight is 290 g/mol. The minimum absolute atomic E-state index is 0.121. The highest BCUT2D eigenvalue weighted by Crippen LogP contribution is 2.12. The molecule has 0 heterocycles. The van der Waals surface area contributed by atoms with Crippen molar-refractivity contribution in [2.24, 2.45) is 0 Å². The topological polar surface area (TPSA) is 52.6 Å². The summed E-state index contributed by atoms with van der Waals surface area (Å²) in [5, 5.41) is 0. The van der Waals surface area contributed by atoms with Crippen molar-refractivity contribution in [3.8, 4) is 0 Å². The van der Waals surface area contributed by atoms with Crippen molar-refractivity contribution in [1.82, 2.24) is 0 Å². The van der Waals surface area contributed by atoms with Gasteiger partial charge in [0.15, 0.2) is 0 Å². The van der Waals surface area contributed by atoms with Crippen LogP contribution in [0.25, 0.3) is 0 Å². The van der Waals surface area contributed by atoms with E-state index in [2.05, 4.69) is 0 Å². The number of thioether (sulfide) groups is 1. The fourth-order valence-electron chi connectivity index (χ4n) is 1.41. The van der Waals surface area contributed by atoms with Gasteiger partial charge in [-0.1, -0.05) is 6.42 Å². The number of esters is 2. The van der Waals surface area contributed by atoms with Gasteiger partial charge in [-0.2, -0.15) is 11.8 Å². The molecule has 0 aromatic rings. The molecule has 0 spiro atoms. The van der Waals surface area contributed by atoms with Gasteiger partial charge in [0.2, 0.25) is 0 Å². The first-order valence-corrected chi connectivity index (χ1v) is 7.96. The second-order valence-electron chi connectivity index (χ2n) is 5.25. The van der Waals surface area contributed by atoms with Crippen molar-refractivity contribution in [2.75, 3.05) is 18.1 Å². The summed E-state index contributed by atoms with van der Waals surface area (Å²) >= 11 is 1.58. The van der Waals surface area contributed by atoms with Crippen molar-refractivity contribution in [3.05, 3.63) is 0 Å². The first kappa shape index (κ1) is 18.3. The van der Waals surface area contributed by atoms with Gasteiger partial charge in [-0.15, -0.1) is 0 Å². The smallest absolute Gasteiger partial charge is 0.316 e. The van der Waals surface area contributed by atoms with Crippen LogP contribution in [0.3, 0.4) is 0 Å². The third-order valence-electron chi connectivity index (χ3n) is 2.11. The first-order chi connectivity index (χ1) is 8.85. The van der Waals surface area contributed by atoms with Crippen molar-refractivity contribution in [2.45, 2.75) is 59.0 Å². The number of carbonyl (C=O) groups excluding carboxylic acids is 2. The van der Waals surface area contributed by atoms with Crippen LogP contribution in [-0.4, -0.2) is 35.7 Å². The zero-order chi connectivity index (χ0) is 14.7. The van der Waals surface area contributed by atoms with E-state index in [1.54, 1.807) is 11.8 Å². The maximum absolute atomic E-state index is 11.4. The van der Waals surface area contributed by atoms with Crippen LogP contribution >= 0.6 is 11.8 Å². The summed E-state index contributed by atoms with van der Waals surface area (Å²) in [6.45, 7) is 7.86. The summed E-state index contributed by atoms with van der Waals surface area (Å²) in [4.78, 5) is 22.5. The van der Waals surface area contributed by atoms with Gasteiger partial charge in [-0.25, -0.2) is 0 Å². The van der Waals surface area contributed by atoms with Crippen LogP contribution in [0.2, 0.25) is 0 Å². The van der Waals surface area contributed by atoms with Gasteiger partial charge >= 0.3 is 11.9 Å². The fraction of sp³-hybridized carbons (Fsp3) is 0.857. The quantitative estimate of drug-likeness (QED) is 0.482. The number of unbranched alkanes of at least 4 members (excludes halogenated alkanes) is 2. The van der Waals surface area contributed by atoms with Gasteiger partial charge in [0.25, 0.3) is 0 Å². The molecule has 5 heteroatoms. The van der Waals surface area contributed by atoms with Crippen LogP contribution in [0.15, 0.2) is 0 Å². The van der Waals surface area contributed by atoms with Gasteiger partial charge in [0.1, 0.15) is 5.60 Å². The number of hydrogen-bond donors (Lipinski definition) is 0. The van der Waals surface area contributed by atoms with E-state index in [-0.39, 0.29) is 11.9 Å². The summed E-state index contributed by atoms with van der Waals surface area (Å²) < 4.78 is 10.0. The van der Waals surface area contributed by atoms with E-state index in [0.717, 1.165) is 25.0 Å². The maximum atomic E-state index is 11.4. The Bertz CT molecular complexity index is 271. The van der Waals surface area contributed by atoms with Crippen LogP contribution in [-0.2, 0) is 19.1 Å². The Labute approximate surface area is 120 Å². The highest BCUT2D eigenvalue weighted by Gasteiger charge is 2.15. The lowest BCUT2D eigenvalue weighted by molar-refractivity contribution is -0.151. The van der Waals surface area contributed by atoms with Gasteiger partial charge < -0.3 is 9.47 Å². The lowest BCUT2D eigenvalue weighted by Gasteiger charge is -2.19. The Kier molecular flexibility index (Phi) is 9.74. The normalized spacial score (nSPS) is 11.2. The third-order valence-corrected chi connectivity index (χ3v) is 3.13. The first-order valence-electron chi connectivity index (χ1n) is 6.80. The molecule has 4 nitrogen and oxygen atoms in total. The van der Waals surface area contributed by atoms with E-state index in [1.807, 2.05) is 27.7 Å². The molecule has 0 aliphatic heterocycles. The predicted octanol–water partition coefficient (Wildman–Crippen LogP) is 3.18. The molecule has 0 radical (unpaired) electrons. The number of rotatable bonds is 9. The minimum atomic E-state index is -0.405. The largest absolute Gasteiger partial charge is 0.466 e. The average Bonchev–Trinajstić information content (AvgIpc) is 2.25. The van der Waals surface area contributed by atoms with E-state index in [1.165, 1.54) is 0 Å². The molecule has 0 aromatic heterocycles. The summed E-state index contributed by atoms with van der Waals surface area (Å²) in [6.07, 6.45) is 3.34. The molecule has 0 bridgehead atoms. The maximum Gasteiger partial charge on any atom is 0.316 e. The monoisotopic (exact) mass is 290 g/mol. The Morgan fingerprint density at radius 1 is 1.05 bits per heavy atom. The molecule has 0 aromatic carbocycles. The lowest BCUT2D eigenvalue weighted by Crippen LogP contribution is -2.25. The Balaban J connectivity index is 3.36. The molecule has 0 N–H and O–H groups in total. The van der Waals surface area contributed by atoms with Crippen LogP contribution in [0.4, 0.5) is 0 Å². The van der Waals surface area contributed by atoms with Gasteiger partial charge in [0.05, 0.1) is 12.4 Å². The summed E-state index contributed by atoms with van der Waals surface area (Å²) in [6, 6.07) is 0. The van der Waals surface area contributed by atoms with Crippen LogP contribution in [0.5, 0.6) is 0 Å². The molecular weight excluding hydrogens is 264 g/mol. The molecule has 0 aliphatic carbocycles. The second kappa shape index (κ2) is 10.1. The Morgan fingerprint density at radius 3 is 2.32 bits per heavy atom. The van der Waals surface area contributed by atoms with Crippen LogP contribution < -0.4 is 0 Å². The van der Waals surface area contributed by atoms with Gasteiger partial charge in [-0.3, -0.25) is 9.59 Å². The Morgan fingerprint density at radius 2 is 1.74 bits per heavy atom. The molecule has 0 amide bonds. The highest BCUT2D eigenvalue weighted by molar-refractivity contribution is 7.99. The molecule has 0 saturated heterocycles. The van der Waals surface area contributed by atoms with E-state index >= 15 is 0 Å². The van der Waals surface area contributed by atoms with Crippen molar-refractivity contribution >= 4 is 23.7 Å². The fourth-order valence-corrected chi connectivity index (χ4v) is 2.19. The van der Waals surface area contributed by atoms with E-state index in [0.29, 0.717) is 18.8 Å². The predicted molar refractivity (Wildman–Crippen MR) is 78.3 cm³/mol. The molecule has 0 aliphatic rings. The van der Waals surface area contributed by atoms with E-state index in [4.69, 9.17) is 9.47 Å². The standard InChI is InChI=1S/C14H26O4S/c1-5-17-12(15)9-7-6-8-10-19-11-13(16)18-14(2,3)4/h5-11H2,1-4H3. The SMILES string of the molecule is CCOC(=O)CCCCCSCC(=O)OC(C)(C)C. The highest BCUT2D eigenvalue weighted by atomic mass is 32.2. The van der Waals surface area contributed by atoms with Gasteiger partial charge in [0, 0.05) is 6.42 Å². The number of ether oxygens (including phenoxy) is 2. The number of carbonyl (C=O) groups is 2. The molecule has 0 rings (SSSR count). The molecule has 0 fully saturated rings. The van der Waals surface area contributed by atoms with Crippen molar-refractivity contribution in [1.29, 1.82) is 0 Å². The summed E-state index contributed by atoms with van der Waals surface area (Å²) in [7, 11) is 0. The molecule has 0 saturated carbocycles. The minimum Gasteiger partial charge on any atom is -0.466 e. The zero-order valence-electron chi connectivity index (χ0n) is 12.5. The van der Waals surface area contributed by atoms with E-state index < -0.39 is 5.60 Å². The second-order valence-corrected chi connectivity index (χ2v) is 6.36. The summed E-state index contributed by atoms with van der Waals surface area (Å²) in [5.41, 5.74) is -0.405. The van der Waals surface area contributed by atoms with Gasteiger partial charge in [-0.05, 0) is 46.3 Å². The van der Waals surface area contributed by atoms with E-state index in [9.17, 15) is 9.59 Å². The Hall–Kier alpha value is -0.710. The van der Waals surface area contributed by atoms with Crippen LogP contribution in [0, 0.1) is 0 Å². The number of hydrogen-bond acceptors (Lipinski definition) is 5. The van der Waals surface area contributed by atoms with Crippen molar-refractivity contribution in [3.63, 3.8) is 0 Å². The van der Waals surface area contributed by atoms with Crippen molar-refractivity contribution < 1.29 is 19.1 Å². The molecule has 0 atom stereocenters. The lowest BCUT2D eigenvalue weighted by atomic mass is 10.2.